The van der Waals surface area contributed by atoms with Crippen molar-refractivity contribution in [1.29, 1.82) is 0 Å². The quantitative estimate of drug-likeness (QED) is 0.792. The molecular formula is C14H25NO2. The molecule has 0 bridgehead atoms. The molecule has 0 spiro atoms. The number of carbonyl (C=O) groups excluding carboxylic acids is 1. The van der Waals surface area contributed by atoms with Crippen LogP contribution in [-0.4, -0.2) is 23.7 Å². The lowest BCUT2D eigenvalue weighted by atomic mass is 9.87. The van der Waals surface area contributed by atoms with Gasteiger partial charge in [0.15, 0.2) is 0 Å². The Morgan fingerprint density at radius 1 is 1.18 bits per heavy atom. The molecule has 0 aromatic heterocycles. The molecule has 0 saturated heterocycles. The van der Waals surface area contributed by atoms with Crippen molar-refractivity contribution in [3.8, 4) is 0 Å². The fraction of sp³-hybridized carbons (Fsp3) is 0.929. The Morgan fingerprint density at radius 3 is 2.47 bits per heavy atom. The molecule has 2 saturated carbocycles. The fourth-order valence-electron chi connectivity index (χ4n) is 3.26. The van der Waals surface area contributed by atoms with Gasteiger partial charge in [0.1, 0.15) is 0 Å². The molecule has 0 radical (unpaired) electrons. The van der Waals surface area contributed by atoms with E-state index in [1.165, 1.54) is 12.8 Å². The van der Waals surface area contributed by atoms with Gasteiger partial charge in [0.25, 0.3) is 0 Å². The predicted octanol–water partition coefficient (Wildman–Crippen LogP) is 2.09. The number of aliphatic hydroxyl groups is 1. The summed E-state index contributed by atoms with van der Waals surface area (Å²) in [7, 11) is 0. The van der Waals surface area contributed by atoms with Gasteiger partial charge in [-0.25, -0.2) is 0 Å². The molecule has 2 N–H and O–H groups in total. The summed E-state index contributed by atoms with van der Waals surface area (Å²) in [6.07, 6.45) is 7.29. The molecule has 0 aliphatic heterocycles. The third-order valence-electron chi connectivity index (χ3n) is 4.58. The van der Waals surface area contributed by atoms with Crippen molar-refractivity contribution < 1.29 is 9.90 Å². The van der Waals surface area contributed by atoms with Crippen molar-refractivity contribution in [2.75, 3.05) is 6.54 Å². The molecule has 98 valence electrons. The predicted molar refractivity (Wildman–Crippen MR) is 67.5 cm³/mol. The molecular weight excluding hydrogens is 214 g/mol. The van der Waals surface area contributed by atoms with Crippen LogP contribution in [0.25, 0.3) is 0 Å². The monoisotopic (exact) mass is 239 g/mol. The smallest absolute Gasteiger partial charge is 0.223 e. The molecule has 2 unspecified atom stereocenters. The number of carbonyl (C=O) groups is 1. The second kappa shape index (κ2) is 5.85. The summed E-state index contributed by atoms with van der Waals surface area (Å²) >= 11 is 0. The number of aliphatic hydroxyl groups excluding tert-OH is 1. The van der Waals surface area contributed by atoms with Gasteiger partial charge in [-0.2, -0.15) is 0 Å². The molecule has 2 aliphatic carbocycles. The van der Waals surface area contributed by atoms with Gasteiger partial charge in [0.2, 0.25) is 5.91 Å². The zero-order valence-electron chi connectivity index (χ0n) is 10.8. The molecule has 1 amide bonds. The van der Waals surface area contributed by atoms with E-state index in [1.54, 1.807) is 0 Å². The highest BCUT2D eigenvalue weighted by Crippen LogP contribution is 2.31. The zero-order valence-corrected chi connectivity index (χ0v) is 10.8. The van der Waals surface area contributed by atoms with Gasteiger partial charge >= 0.3 is 0 Å². The molecule has 0 aromatic rings. The average Bonchev–Trinajstić information content (AvgIpc) is 2.74. The van der Waals surface area contributed by atoms with Gasteiger partial charge in [-0.05, 0) is 50.4 Å². The first-order chi connectivity index (χ1) is 8.16. The third kappa shape index (κ3) is 3.44. The maximum Gasteiger partial charge on any atom is 0.223 e. The van der Waals surface area contributed by atoms with Gasteiger partial charge < -0.3 is 10.4 Å². The van der Waals surface area contributed by atoms with Crippen LogP contribution >= 0.6 is 0 Å². The second-order valence-corrected chi connectivity index (χ2v) is 5.93. The Kier molecular flexibility index (Phi) is 4.43. The van der Waals surface area contributed by atoms with Crippen LogP contribution in [0.15, 0.2) is 0 Å². The van der Waals surface area contributed by atoms with Crippen molar-refractivity contribution in [2.24, 2.45) is 17.8 Å². The fourth-order valence-corrected chi connectivity index (χ4v) is 3.26. The summed E-state index contributed by atoms with van der Waals surface area (Å²) in [5.74, 6) is 1.66. The Hall–Kier alpha value is -0.570. The minimum absolute atomic E-state index is 0.100. The number of amides is 1. The Bertz CT molecular complexity index is 259. The van der Waals surface area contributed by atoms with Gasteiger partial charge in [-0.15, -0.1) is 0 Å². The summed E-state index contributed by atoms with van der Waals surface area (Å²) < 4.78 is 0. The van der Waals surface area contributed by atoms with Crippen LogP contribution in [0, 0.1) is 17.8 Å². The highest BCUT2D eigenvalue weighted by Gasteiger charge is 2.30. The second-order valence-electron chi connectivity index (χ2n) is 5.93. The minimum atomic E-state index is -0.100. The molecule has 2 aliphatic rings. The first kappa shape index (κ1) is 12.9. The highest BCUT2D eigenvalue weighted by molar-refractivity contribution is 5.79. The molecule has 3 nitrogen and oxygen atoms in total. The van der Waals surface area contributed by atoms with E-state index in [4.69, 9.17) is 0 Å². The first-order valence-corrected chi connectivity index (χ1v) is 7.12. The van der Waals surface area contributed by atoms with Crippen LogP contribution in [-0.2, 0) is 4.79 Å². The van der Waals surface area contributed by atoms with E-state index in [9.17, 15) is 9.90 Å². The van der Waals surface area contributed by atoms with Crippen molar-refractivity contribution in [3.05, 3.63) is 0 Å². The Balaban J connectivity index is 1.69. The summed E-state index contributed by atoms with van der Waals surface area (Å²) in [5, 5.41) is 12.5. The Labute approximate surface area is 104 Å². The van der Waals surface area contributed by atoms with E-state index in [-0.39, 0.29) is 17.9 Å². The highest BCUT2D eigenvalue weighted by atomic mass is 16.3. The van der Waals surface area contributed by atoms with Crippen LogP contribution < -0.4 is 5.32 Å². The zero-order chi connectivity index (χ0) is 12.3. The maximum absolute atomic E-state index is 12.0. The SMILES string of the molecule is CC1CCCC1C(=O)NCC1CCC(O)CC1. The molecule has 3 heteroatoms. The van der Waals surface area contributed by atoms with Crippen LogP contribution in [0.2, 0.25) is 0 Å². The standard InChI is InChI=1S/C14H25NO2/c1-10-3-2-4-13(10)14(17)15-9-11-5-7-12(16)8-6-11/h10-13,16H,2-9H2,1H3,(H,15,17). The number of rotatable bonds is 3. The van der Waals surface area contributed by atoms with Gasteiger partial charge in [0, 0.05) is 12.5 Å². The van der Waals surface area contributed by atoms with Crippen molar-refractivity contribution in [3.63, 3.8) is 0 Å². The molecule has 0 heterocycles. The topological polar surface area (TPSA) is 49.3 Å². The van der Waals surface area contributed by atoms with E-state index < -0.39 is 0 Å². The molecule has 0 aromatic carbocycles. The minimum Gasteiger partial charge on any atom is -0.393 e. The number of hydrogen-bond donors (Lipinski definition) is 2. The first-order valence-electron chi connectivity index (χ1n) is 7.12. The van der Waals surface area contributed by atoms with E-state index in [2.05, 4.69) is 12.2 Å². The van der Waals surface area contributed by atoms with E-state index in [1.807, 2.05) is 0 Å². The molecule has 2 rings (SSSR count). The normalized spacial score (nSPS) is 38.0. The van der Waals surface area contributed by atoms with Crippen molar-refractivity contribution in [1.82, 2.24) is 5.32 Å². The van der Waals surface area contributed by atoms with Gasteiger partial charge in [-0.1, -0.05) is 13.3 Å². The average molecular weight is 239 g/mol. The molecule has 2 fully saturated rings. The maximum atomic E-state index is 12.0. The van der Waals surface area contributed by atoms with Crippen LogP contribution in [0.5, 0.6) is 0 Å². The lowest BCUT2D eigenvalue weighted by Gasteiger charge is -2.26. The van der Waals surface area contributed by atoms with E-state index >= 15 is 0 Å². The lowest BCUT2D eigenvalue weighted by Crippen LogP contribution is -2.36. The van der Waals surface area contributed by atoms with Crippen LogP contribution in [0.4, 0.5) is 0 Å². The molecule has 2 atom stereocenters. The Morgan fingerprint density at radius 2 is 1.88 bits per heavy atom. The molecule has 17 heavy (non-hydrogen) atoms. The number of nitrogens with one attached hydrogen (secondary N) is 1. The number of hydrogen-bond acceptors (Lipinski definition) is 2. The van der Waals surface area contributed by atoms with Crippen LogP contribution in [0.1, 0.15) is 51.9 Å². The third-order valence-corrected chi connectivity index (χ3v) is 4.58. The lowest BCUT2D eigenvalue weighted by molar-refractivity contribution is -0.126. The summed E-state index contributed by atoms with van der Waals surface area (Å²) in [6, 6.07) is 0. The largest absolute Gasteiger partial charge is 0.393 e. The van der Waals surface area contributed by atoms with Crippen molar-refractivity contribution in [2.45, 2.75) is 58.0 Å². The van der Waals surface area contributed by atoms with Crippen molar-refractivity contribution >= 4 is 5.91 Å². The summed E-state index contributed by atoms with van der Waals surface area (Å²) in [6.45, 7) is 3.00. The van der Waals surface area contributed by atoms with E-state index in [0.29, 0.717) is 11.8 Å². The van der Waals surface area contributed by atoms with Gasteiger partial charge in [0.05, 0.1) is 6.10 Å². The summed E-state index contributed by atoms with van der Waals surface area (Å²) in [4.78, 5) is 12.0. The van der Waals surface area contributed by atoms with Crippen LogP contribution in [0.3, 0.4) is 0 Å². The van der Waals surface area contributed by atoms with E-state index in [0.717, 1.165) is 38.6 Å². The van der Waals surface area contributed by atoms with Gasteiger partial charge in [-0.3, -0.25) is 4.79 Å². The summed E-state index contributed by atoms with van der Waals surface area (Å²) in [5.41, 5.74) is 0.